The molecule has 0 aliphatic carbocycles. The number of ether oxygens (including phenoxy) is 1. The molecule has 2 rings (SSSR count). The number of nitrogen functional groups attached to an aromatic ring is 1. The lowest BCUT2D eigenvalue weighted by atomic mass is 10.1. The van der Waals surface area contributed by atoms with Gasteiger partial charge in [0.2, 0.25) is 0 Å². The summed E-state index contributed by atoms with van der Waals surface area (Å²) in [7, 11) is 0. The number of aryl methyl sites for hydroxylation is 1. The van der Waals surface area contributed by atoms with Crippen LogP contribution in [-0.2, 0) is 16.1 Å². The Balaban J connectivity index is 2.12. The number of hydrogen-bond donors (Lipinski definition) is 5. The highest BCUT2D eigenvalue weighted by Crippen LogP contribution is 2.21. The van der Waals surface area contributed by atoms with Gasteiger partial charge in [-0.2, -0.15) is 0 Å². The first-order chi connectivity index (χ1) is 14.2. The summed E-state index contributed by atoms with van der Waals surface area (Å²) >= 11 is 5.99. The summed E-state index contributed by atoms with van der Waals surface area (Å²) in [5.74, 6) is -2.12. The van der Waals surface area contributed by atoms with E-state index in [1.807, 2.05) is 6.92 Å². The van der Waals surface area contributed by atoms with Gasteiger partial charge in [0.1, 0.15) is 18.1 Å². The highest BCUT2D eigenvalue weighted by Gasteiger charge is 2.13. The molecule has 0 saturated heterocycles. The van der Waals surface area contributed by atoms with Crippen molar-refractivity contribution >= 4 is 35.2 Å². The number of carboxylic acids is 1. The number of nitrogens with two attached hydrogens (primary N) is 1. The summed E-state index contributed by atoms with van der Waals surface area (Å²) in [6.45, 7) is 0.930. The van der Waals surface area contributed by atoms with Crippen LogP contribution < -0.4 is 21.1 Å². The van der Waals surface area contributed by atoms with Gasteiger partial charge >= 0.3 is 5.97 Å². The second kappa shape index (κ2) is 10.3. The molecule has 0 aromatic heterocycles. The molecule has 10 heteroatoms. The minimum Gasteiger partial charge on any atom is -0.483 e. The molecular weight excluding hydrogens is 412 g/mol. The van der Waals surface area contributed by atoms with Gasteiger partial charge in [-0.05, 0) is 36.8 Å². The molecule has 0 heterocycles. The number of hydrogen-bond acceptors (Lipinski definition) is 5. The average Bonchev–Trinajstić information content (AvgIpc) is 2.68. The second-order valence-corrected chi connectivity index (χ2v) is 6.83. The standard InChI is InChI=1S/C20H21ClN4O5/c1-11-4-14(6-15(21)5-11)20(29)25-8-13-3-2-12(19(22)23)7-16(13)30-10-17(26)24-9-18(27)28/h2-7H,8-10H2,1H3,(H3,22,23)(H,24,26)(H,25,29)(H,27,28). The average molecular weight is 433 g/mol. The van der Waals surface area contributed by atoms with Gasteiger partial charge in [0.15, 0.2) is 6.61 Å². The molecule has 0 saturated carbocycles. The number of aliphatic carboxylic acids is 1. The molecule has 2 aromatic carbocycles. The van der Waals surface area contributed by atoms with E-state index < -0.39 is 25.0 Å². The van der Waals surface area contributed by atoms with Crippen LogP contribution >= 0.6 is 11.6 Å². The van der Waals surface area contributed by atoms with Crippen molar-refractivity contribution in [3.05, 3.63) is 63.7 Å². The molecule has 2 aromatic rings. The fraction of sp³-hybridized carbons (Fsp3) is 0.200. The maximum atomic E-state index is 12.4. The second-order valence-electron chi connectivity index (χ2n) is 6.40. The zero-order valence-corrected chi connectivity index (χ0v) is 16.9. The smallest absolute Gasteiger partial charge is 0.322 e. The van der Waals surface area contributed by atoms with Crippen LogP contribution in [0.2, 0.25) is 5.02 Å². The predicted octanol–water partition coefficient (Wildman–Crippen LogP) is 1.44. The lowest BCUT2D eigenvalue weighted by Crippen LogP contribution is -2.33. The van der Waals surface area contributed by atoms with E-state index in [2.05, 4.69) is 10.6 Å². The van der Waals surface area contributed by atoms with Crippen molar-refractivity contribution in [2.24, 2.45) is 5.73 Å². The lowest BCUT2D eigenvalue weighted by Gasteiger charge is -2.14. The largest absolute Gasteiger partial charge is 0.483 e. The molecule has 9 nitrogen and oxygen atoms in total. The monoisotopic (exact) mass is 432 g/mol. The molecule has 0 bridgehead atoms. The fourth-order valence-electron chi connectivity index (χ4n) is 2.52. The number of amidine groups is 1. The molecule has 0 aliphatic heterocycles. The number of rotatable bonds is 9. The quantitative estimate of drug-likeness (QED) is 0.298. The molecule has 2 amide bonds. The van der Waals surface area contributed by atoms with Crippen LogP contribution in [0.25, 0.3) is 0 Å². The van der Waals surface area contributed by atoms with Gasteiger partial charge in [-0.1, -0.05) is 23.7 Å². The van der Waals surface area contributed by atoms with Crippen LogP contribution in [0.15, 0.2) is 36.4 Å². The maximum Gasteiger partial charge on any atom is 0.322 e. The van der Waals surface area contributed by atoms with E-state index in [0.29, 0.717) is 21.7 Å². The Kier molecular flexibility index (Phi) is 7.76. The SMILES string of the molecule is Cc1cc(Cl)cc(C(=O)NCc2ccc(C(=N)N)cc2OCC(=O)NCC(=O)O)c1. The van der Waals surface area contributed by atoms with Crippen molar-refractivity contribution in [2.75, 3.05) is 13.2 Å². The summed E-state index contributed by atoms with van der Waals surface area (Å²) < 4.78 is 5.47. The zero-order valence-electron chi connectivity index (χ0n) is 16.1. The Hall–Kier alpha value is -3.59. The maximum absolute atomic E-state index is 12.4. The van der Waals surface area contributed by atoms with Crippen LogP contribution in [-0.4, -0.2) is 41.9 Å². The molecule has 0 fully saturated rings. The Morgan fingerprint density at radius 1 is 1.13 bits per heavy atom. The molecule has 6 N–H and O–H groups in total. The van der Waals surface area contributed by atoms with Crippen molar-refractivity contribution in [3.8, 4) is 5.75 Å². The summed E-state index contributed by atoms with van der Waals surface area (Å²) in [5, 5.41) is 21.5. The molecule has 0 unspecified atom stereocenters. The van der Waals surface area contributed by atoms with Crippen LogP contribution in [0.1, 0.15) is 27.0 Å². The molecule has 158 valence electrons. The molecule has 30 heavy (non-hydrogen) atoms. The van der Waals surface area contributed by atoms with Crippen molar-refractivity contribution in [3.63, 3.8) is 0 Å². The third kappa shape index (κ3) is 6.78. The van der Waals surface area contributed by atoms with E-state index in [-0.39, 0.29) is 24.0 Å². The highest BCUT2D eigenvalue weighted by atomic mass is 35.5. The third-order valence-corrected chi connectivity index (χ3v) is 4.14. The van der Waals surface area contributed by atoms with Crippen LogP contribution in [0, 0.1) is 12.3 Å². The Bertz CT molecular complexity index is 973. The number of carbonyl (C=O) groups is 3. The van der Waals surface area contributed by atoms with Gasteiger partial charge < -0.3 is 26.2 Å². The third-order valence-electron chi connectivity index (χ3n) is 3.92. The van der Waals surface area contributed by atoms with Gasteiger partial charge in [0.05, 0.1) is 0 Å². The predicted molar refractivity (Wildman–Crippen MR) is 111 cm³/mol. The van der Waals surface area contributed by atoms with Crippen LogP contribution in [0.5, 0.6) is 5.75 Å². The first-order valence-corrected chi connectivity index (χ1v) is 9.17. The first kappa shape index (κ1) is 22.7. The summed E-state index contributed by atoms with van der Waals surface area (Å²) in [4.78, 5) is 34.7. The molecule has 0 spiro atoms. The topological polar surface area (TPSA) is 155 Å². The Labute approximate surface area is 177 Å². The minimum absolute atomic E-state index is 0.0780. The van der Waals surface area contributed by atoms with Gasteiger partial charge in [-0.25, -0.2) is 0 Å². The number of nitrogens with one attached hydrogen (secondary N) is 3. The van der Waals surface area contributed by atoms with Crippen molar-refractivity contribution in [1.29, 1.82) is 5.41 Å². The Morgan fingerprint density at radius 2 is 1.87 bits per heavy atom. The van der Waals surface area contributed by atoms with Crippen molar-refractivity contribution in [1.82, 2.24) is 10.6 Å². The highest BCUT2D eigenvalue weighted by molar-refractivity contribution is 6.31. The normalized spacial score (nSPS) is 10.2. The van der Waals surface area contributed by atoms with E-state index in [9.17, 15) is 14.4 Å². The van der Waals surface area contributed by atoms with Gasteiger partial charge in [-0.15, -0.1) is 0 Å². The number of benzene rings is 2. The van der Waals surface area contributed by atoms with Crippen LogP contribution in [0.4, 0.5) is 0 Å². The fourth-order valence-corrected chi connectivity index (χ4v) is 2.81. The Morgan fingerprint density at radius 3 is 2.50 bits per heavy atom. The van der Waals surface area contributed by atoms with Crippen molar-refractivity contribution < 1.29 is 24.2 Å². The van der Waals surface area contributed by atoms with Gasteiger partial charge in [-0.3, -0.25) is 19.8 Å². The summed E-state index contributed by atoms with van der Waals surface area (Å²) in [5.41, 5.74) is 7.65. The van der Waals surface area contributed by atoms with E-state index in [0.717, 1.165) is 5.56 Å². The number of carbonyl (C=O) groups excluding carboxylic acids is 2. The number of halogens is 1. The summed E-state index contributed by atoms with van der Waals surface area (Å²) in [6, 6.07) is 9.66. The minimum atomic E-state index is -1.18. The molecule has 0 aliphatic rings. The first-order valence-electron chi connectivity index (χ1n) is 8.79. The molecular formula is C20H21ClN4O5. The number of carboxylic acid groups (broad SMARTS) is 1. The zero-order chi connectivity index (χ0) is 22.3. The van der Waals surface area contributed by atoms with E-state index in [4.69, 9.17) is 32.6 Å². The van der Waals surface area contributed by atoms with E-state index >= 15 is 0 Å². The van der Waals surface area contributed by atoms with Crippen molar-refractivity contribution in [2.45, 2.75) is 13.5 Å². The van der Waals surface area contributed by atoms with Gasteiger partial charge in [0, 0.05) is 28.3 Å². The van der Waals surface area contributed by atoms with Gasteiger partial charge in [0.25, 0.3) is 11.8 Å². The van der Waals surface area contributed by atoms with E-state index in [1.165, 1.54) is 6.07 Å². The van der Waals surface area contributed by atoms with Crippen LogP contribution in [0.3, 0.4) is 0 Å². The lowest BCUT2D eigenvalue weighted by molar-refractivity contribution is -0.138. The number of amides is 2. The molecule has 0 atom stereocenters. The van der Waals surface area contributed by atoms with E-state index in [1.54, 1.807) is 30.3 Å². The summed E-state index contributed by atoms with van der Waals surface area (Å²) in [6.07, 6.45) is 0. The molecule has 0 radical (unpaired) electrons.